The van der Waals surface area contributed by atoms with E-state index in [1.807, 2.05) is 6.07 Å². The molecule has 0 amide bonds. The molecule has 0 saturated heterocycles. The minimum Gasteiger partial charge on any atom is -0.418 e. The zero-order valence-corrected chi connectivity index (χ0v) is 7.43. The molecule has 0 aliphatic heterocycles. The number of nitriles is 1. The van der Waals surface area contributed by atoms with E-state index in [0.717, 1.165) is 0 Å². The van der Waals surface area contributed by atoms with E-state index in [2.05, 4.69) is 10.1 Å². The first-order valence-electron chi connectivity index (χ1n) is 3.87. The van der Waals surface area contributed by atoms with E-state index < -0.39 is 0 Å². The summed E-state index contributed by atoms with van der Waals surface area (Å²) in [6.45, 7) is 0. The first-order chi connectivity index (χ1) is 6.72. The third-order valence-corrected chi connectivity index (χ3v) is 1.80. The van der Waals surface area contributed by atoms with Gasteiger partial charge in [0.25, 0.3) is 0 Å². The van der Waals surface area contributed by atoms with E-state index in [9.17, 15) is 0 Å². The minimum absolute atomic E-state index is 0.0312. The van der Waals surface area contributed by atoms with Crippen molar-refractivity contribution in [3.05, 3.63) is 18.0 Å². The lowest BCUT2D eigenvalue weighted by Crippen LogP contribution is -1.93. The zero-order chi connectivity index (χ0) is 10.1. The number of hydrogen-bond donors (Lipinski definition) is 1. The summed E-state index contributed by atoms with van der Waals surface area (Å²) in [4.78, 5) is 3.92. The fourth-order valence-electron chi connectivity index (χ4n) is 1.11. The SMILES string of the molecule is Cn1nccc1-c1nc(C#N)c(N)o1. The number of aromatic nitrogens is 3. The van der Waals surface area contributed by atoms with Crippen LogP contribution >= 0.6 is 0 Å². The molecule has 2 N–H and O–H groups in total. The molecular formula is C8H7N5O. The highest BCUT2D eigenvalue weighted by Gasteiger charge is 2.13. The monoisotopic (exact) mass is 189 g/mol. The largest absolute Gasteiger partial charge is 0.418 e. The molecule has 14 heavy (non-hydrogen) atoms. The summed E-state index contributed by atoms with van der Waals surface area (Å²) in [5.41, 5.74) is 6.20. The standard InChI is InChI=1S/C8H7N5O/c1-13-6(2-3-11-13)8-12-5(4-9)7(10)14-8/h2-3H,10H2,1H3. The van der Waals surface area contributed by atoms with Crippen molar-refractivity contribution in [1.82, 2.24) is 14.8 Å². The van der Waals surface area contributed by atoms with Crippen LogP contribution in [0, 0.1) is 11.3 Å². The number of oxazole rings is 1. The van der Waals surface area contributed by atoms with Crippen molar-refractivity contribution in [2.24, 2.45) is 7.05 Å². The molecule has 2 heterocycles. The predicted molar refractivity (Wildman–Crippen MR) is 47.8 cm³/mol. The fraction of sp³-hybridized carbons (Fsp3) is 0.125. The molecule has 6 heteroatoms. The summed E-state index contributed by atoms with van der Waals surface area (Å²) in [7, 11) is 1.75. The number of rotatable bonds is 1. The summed E-state index contributed by atoms with van der Waals surface area (Å²) in [6, 6.07) is 3.57. The van der Waals surface area contributed by atoms with Crippen LogP contribution in [0.2, 0.25) is 0 Å². The summed E-state index contributed by atoms with van der Waals surface area (Å²) >= 11 is 0. The van der Waals surface area contributed by atoms with Crippen LogP contribution in [0.1, 0.15) is 5.69 Å². The molecular weight excluding hydrogens is 182 g/mol. The first-order valence-corrected chi connectivity index (χ1v) is 3.87. The highest BCUT2D eigenvalue weighted by molar-refractivity contribution is 5.53. The van der Waals surface area contributed by atoms with Crippen molar-refractivity contribution in [3.8, 4) is 17.7 Å². The van der Waals surface area contributed by atoms with E-state index in [1.54, 1.807) is 24.0 Å². The van der Waals surface area contributed by atoms with Crippen LogP contribution in [-0.4, -0.2) is 14.8 Å². The molecule has 0 spiro atoms. The average Bonchev–Trinajstić information content (AvgIpc) is 2.71. The van der Waals surface area contributed by atoms with Gasteiger partial charge in [-0.3, -0.25) is 4.68 Å². The lowest BCUT2D eigenvalue weighted by atomic mass is 10.4. The van der Waals surface area contributed by atoms with Gasteiger partial charge >= 0.3 is 0 Å². The lowest BCUT2D eigenvalue weighted by molar-refractivity contribution is 0.583. The van der Waals surface area contributed by atoms with Gasteiger partial charge < -0.3 is 10.2 Å². The molecule has 0 aliphatic rings. The van der Waals surface area contributed by atoms with Crippen LogP contribution < -0.4 is 5.73 Å². The Balaban J connectivity index is 2.54. The summed E-state index contributed by atoms with van der Waals surface area (Å²) in [5, 5.41) is 12.6. The van der Waals surface area contributed by atoms with E-state index >= 15 is 0 Å². The maximum absolute atomic E-state index is 8.62. The van der Waals surface area contributed by atoms with E-state index in [1.165, 1.54) is 0 Å². The van der Waals surface area contributed by atoms with E-state index in [-0.39, 0.29) is 11.6 Å². The molecule has 0 fully saturated rings. The van der Waals surface area contributed by atoms with Crippen LogP contribution in [0.25, 0.3) is 11.6 Å². The number of hydrogen-bond acceptors (Lipinski definition) is 5. The van der Waals surface area contributed by atoms with Gasteiger partial charge in [0.1, 0.15) is 11.8 Å². The molecule has 0 unspecified atom stereocenters. The number of nitrogens with zero attached hydrogens (tertiary/aromatic N) is 4. The Bertz CT molecular complexity index is 504. The maximum Gasteiger partial charge on any atom is 0.248 e. The molecule has 0 saturated carbocycles. The second-order valence-electron chi connectivity index (χ2n) is 2.68. The molecule has 2 aromatic rings. The number of aryl methyl sites for hydroxylation is 1. The van der Waals surface area contributed by atoms with Gasteiger partial charge in [-0.1, -0.05) is 0 Å². The van der Waals surface area contributed by atoms with Gasteiger partial charge in [0.15, 0.2) is 0 Å². The molecule has 6 nitrogen and oxygen atoms in total. The fourth-order valence-corrected chi connectivity index (χ4v) is 1.11. The molecule has 70 valence electrons. The molecule has 0 radical (unpaired) electrons. The second-order valence-corrected chi connectivity index (χ2v) is 2.68. The van der Waals surface area contributed by atoms with Crippen LogP contribution in [0.15, 0.2) is 16.7 Å². The molecule has 2 rings (SSSR count). The van der Waals surface area contributed by atoms with Crippen LogP contribution in [0.5, 0.6) is 0 Å². The summed E-state index contributed by atoms with van der Waals surface area (Å²) < 4.78 is 6.70. The van der Waals surface area contributed by atoms with Crippen molar-refractivity contribution in [1.29, 1.82) is 5.26 Å². The van der Waals surface area contributed by atoms with Crippen LogP contribution in [0.4, 0.5) is 5.88 Å². The van der Waals surface area contributed by atoms with Crippen LogP contribution in [-0.2, 0) is 7.05 Å². The average molecular weight is 189 g/mol. The number of anilines is 1. The van der Waals surface area contributed by atoms with Crippen molar-refractivity contribution in [2.75, 3.05) is 5.73 Å². The van der Waals surface area contributed by atoms with Gasteiger partial charge in [-0.15, -0.1) is 0 Å². The van der Waals surface area contributed by atoms with Gasteiger partial charge in [-0.2, -0.15) is 15.3 Å². The quantitative estimate of drug-likeness (QED) is 0.706. The normalized spacial score (nSPS) is 10.0. The Hall–Kier alpha value is -2.29. The van der Waals surface area contributed by atoms with E-state index in [0.29, 0.717) is 11.6 Å². The first kappa shape index (κ1) is 8.31. The summed E-state index contributed by atoms with van der Waals surface area (Å²) in [5.74, 6) is 0.336. The number of nitrogen functional groups attached to an aromatic ring is 1. The van der Waals surface area contributed by atoms with Crippen molar-refractivity contribution in [3.63, 3.8) is 0 Å². The van der Waals surface area contributed by atoms with Crippen molar-refractivity contribution in [2.45, 2.75) is 0 Å². The Morgan fingerprint density at radius 2 is 2.43 bits per heavy atom. The highest BCUT2D eigenvalue weighted by Crippen LogP contribution is 2.21. The number of nitrogens with two attached hydrogens (primary N) is 1. The molecule has 0 atom stereocenters. The van der Waals surface area contributed by atoms with Crippen molar-refractivity contribution < 1.29 is 4.42 Å². The predicted octanol–water partition coefficient (Wildman–Crippen LogP) is 0.529. The van der Waals surface area contributed by atoms with E-state index in [4.69, 9.17) is 15.4 Å². The third-order valence-electron chi connectivity index (χ3n) is 1.80. The Labute approximate surface area is 79.6 Å². The Kier molecular flexibility index (Phi) is 1.71. The molecule has 0 bridgehead atoms. The van der Waals surface area contributed by atoms with Crippen molar-refractivity contribution >= 4 is 5.88 Å². The molecule has 0 aliphatic carbocycles. The third kappa shape index (κ3) is 1.11. The smallest absolute Gasteiger partial charge is 0.248 e. The van der Waals surface area contributed by atoms with Gasteiger partial charge in [-0.05, 0) is 6.07 Å². The minimum atomic E-state index is 0.0312. The topological polar surface area (TPSA) is 93.7 Å². The van der Waals surface area contributed by atoms with Gasteiger partial charge in [-0.25, -0.2) is 0 Å². The lowest BCUT2D eigenvalue weighted by Gasteiger charge is -1.93. The Morgan fingerprint density at radius 1 is 1.64 bits per heavy atom. The van der Waals surface area contributed by atoms with Gasteiger partial charge in [0.2, 0.25) is 17.5 Å². The highest BCUT2D eigenvalue weighted by atomic mass is 16.4. The molecule has 2 aromatic heterocycles. The zero-order valence-electron chi connectivity index (χ0n) is 7.43. The summed E-state index contributed by atoms with van der Waals surface area (Å²) in [6.07, 6.45) is 1.61. The van der Waals surface area contributed by atoms with Gasteiger partial charge in [0, 0.05) is 13.2 Å². The maximum atomic E-state index is 8.62. The molecule has 0 aromatic carbocycles. The van der Waals surface area contributed by atoms with Crippen LogP contribution in [0.3, 0.4) is 0 Å². The Morgan fingerprint density at radius 3 is 2.93 bits per heavy atom. The second kappa shape index (κ2) is 2.88. The van der Waals surface area contributed by atoms with Gasteiger partial charge in [0.05, 0.1) is 0 Å².